The Balaban J connectivity index is 1.73. The van der Waals surface area contributed by atoms with Crippen molar-refractivity contribution in [1.29, 1.82) is 0 Å². The van der Waals surface area contributed by atoms with E-state index in [9.17, 15) is 13.2 Å². The Morgan fingerprint density at radius 2 is 1.88 bits per heavy atom. The molecule has 0 heterocycles. The average Bonchev–Trinajstić information content (AvgIpc) is 2.75. The van der Waals surface area contributed by atoms with Gasteiger partial charge in [-0.1, -0.05) is 28.8 Å². The Hall–Kier alpha value is -1.66. The van der Waals surface area contributed by atoms with E-state index >= 15 is 0 Å². The first-order valence-electron chi connectivity index (χ1n) is 8.59. The quantitative estimate of drug-likeness (QED) is 0.642. The average molecular weight is 363 g/mol. The maximum absolute atomic E-state index is 12.4. The number of aryl methyl sites for hydroxylation is 1. The molecule has 0 unspecified atom stereocenters. The molecule has 1 saturated carbocycles. The van der Waals surface area contributed by atoms with Crippen LogP contribution in [0.4, 0.5) is 0 Å². The van der Waals surface area contributed by atoms with Crippen molar-refractivity contribution in [2.75, 3.05) is 6.54 Å². The summed E-state index contributed by atoms with van der Waals surface area (Å²) in [4.78, 5) is 12.4. The maximum atomic E-state index is 12.4. The van der Waals surface area contributed by atoms with Crippen LogP contribution in [0.5, 0.6) is 0 Å². The number of benzene rings is 1. The van der Waals surface area contributed by atoms with Crippen molar-refractivity contribution in [3.8, 4) is 0 Å². The van der Waals surface area contributed by atoms with E-state index in [0.29, 0.717) is 12.5 Å². The molecule has 2 aliphatic carbocycles. The molecule has 1 aromatic rings. The zero-order valence-electron chi connectivity index (χ0n) is 14.9. The van der Waals surface area contributed by atoms with Crippen molar-refractivity contribution in [2.24, 2.45) is 23.0 Å². The van der Waals surface area contributed by atoms with Crippen LogP contribution in [0.15, 0.2) is 40.3 Å². The SMILES string of the molecule is CC1=C(C)[C@@H]2[C@H](C1)C[C@@]2(CN)CC(=O)OS(=O)(=O)c1ccc(C)cc1. The minimum absolute atomic E-state index is 0.00692. The maximum Gasteiger partial charge on any atom is 0.341 e. The summed E-state index contributed by atoms with van der Waals surface area (Å²) in [6, 6.07) is 6.24. The van der Waals surface area contributed by atoms with Crippen LogP contribution in [-0.4, -0.2) is 20.9 Å². The molecule has 2 aliphatic rings. The predicted octanol–water partition coefficient (Wildman–Crippen LogP) is 2.94. The Morgan fingerprint density at radius 1 is 1.24 bits per heavy atom. The molecule has 0 aromatic heterocycles. The lowest BCUT2D eigenvalue weighted by Gasteiger charge is -2.52. The highest BCUT2D eigenvalue weighted by Gasteiger charge is 2.57. The van der Waals surface area contributed by atoms with Gasteiger partial charge in [-0.15, -0.1) is 0 Å². The lowest BCUT2D eigenvalue weighted by atomic mass is 9.52. The van der Waals surface area contributed by atoms with E-state index in [1.54, 1.807) is 12.1 Å². The van der Waals surface area contributed by atoms with Crippen LogP contribution in [0.3, 0.4) is 0 Å². The van der Waals surface area contributed by atoms with Crippen molar-refractivity contribution in [3.63, 3.8) is 0 Å². The van der Waals surface area contributed by atoms with Gasteiger partial charge in [-0.2, -0.15) is 8.42 Å². The molecule has 3 atom stereocenters. The number of carbonyl (C=O) groups is 1. The van der Waals surface area contributed by atoms with E-state index in [1.807, 2.05) is 6.92 Å². The summed E-state index contributed by atoms with van der Waals surface area (Å²) in [5.74, 6) is 0.0824. The number of hydrogen-bond donors (Lipinski definition) is 1. The third-order valence-corrected chi connectivity index (χ3v) is 7.18. The number of carbonyl (C=O) groups excluding carboxylic acids is 1. The van der Waals surface area contributed by atoms with Crippen LogP contribution in [0, 0.1) is 24.2 Å². The van der Waals surface area contributed by atoms with Crippen molar-refractivity contribution in [2.45, 2.75) is 44.9 Å². The van der Waals surface area contributed by atoms with E-state index in [-0.39, 0.29) is 22.6 Å². The molecule has 6 heteroatoms. The molecule has 0 radical (unpaired) electrons. The standard InChI is InChI=1S/C19H25NO4S/c1-12-4-6-16(7-5-12)25(22,23)24-17(21)10-19(11-20)9-15-8-13(2)14(3)18(15)19/h4-7,15,18H,8-11,20H2,1-3H3/t15-,18-,19+/m1/s1. The molecule has 0 saturated heterocycles. The van der Waals surface area contributed by atoms with Gasteiger partial charge in [0.05, 0.1) is 6.42 Å². The van der Waals surface area contributed by atoms with Crippen molar-refractivity contribution < 1.29 is 17.4 Å². The molecule has 0 amide bonds. The van der Waals surface area contributed by atoms with E-state index in [4.69, 9.17) is 9.92 Å². The molecule has 5 nitrogen and oxygen atoms in total. The van der Waals surface area contributed by atoms with Gasteiger partial charge >= 0.3 is 16.1 Å². The van der Waals surface area contributed by atoms with Gasteiger partial charge in [0.25, 0.3) is 0 Å². The van der Waals surface area contributed by atoms with Crippen LogP contribution >= 0.6 is 0 Å². The summed E-state index contributed by atoms with van der Waals surface area (Å²) in [6.07, 6.45) is 1.94. The molecule has 1 aromatic carbocycles. The van der Waals surface area contributed by atoms with Crippen molar-refractivity contribution in [3.05, 3.63) is 41.0 Å². The van der Waals surface area contributed by atoms with E-state index in [2.05, 4.69) is 13.8 Å². The Bertz CT molecular complexity index is 825. The zero-order chi connectivity index (χ0) is 18.4. The van der Waals surface area contributed by atoms with Crippen molar-refractivity contribution >= 4 is 16.1 Å². The summed E-state index contributed by atoms with van der Waals surface area (Å²) >= 11 is 0. The van der Waals surface area contributed by atoms with Gasteiger partial charge in [0.2, 0.25) is 0 Å². The largest absolute Gasteiger partial charge is 0.342 e. The first-order valence-corrected chi connectivity index (χ1v) is 10.00. The molecular formula is C19H25NO4S. The normalized spacial score (nSPS) is 28.5. The topological polar surface area (TPSA) is 86.5 Å². The minimum atomic E-state index is -4.09. The van der Waals surface area contributed by atoms with Gasteiger partial charge in [0.15, 0.2) is 0 Å². The van der Waals surface area contributed by atoms with Crippen LogP contribution < -0.4 is 5.73 Å². The number of allylic oxidation sites excluding steroid dienone is 2. The summed E-state index contributed by atoms with van der Waals surface area (Å²) in [5.41, 5.74) is 9.23. The highest BCUT2D eigenvalue weighted by molar-refractivity contribution is 7.87. The fraction of sp³-hybridized carbons (Fsp3) is 0.526. The molecule has 0 bridgehead atoms. The number of hydrogen-bond acceptors (Lipinski definition) is 5. The summed E-state index contributed by atoms with van der Waals surface area (Å²) in [7, 11) is -4.09. The van der Waals surface area contributed by atoms with Gasteiger partial charge in [-0.3, -0.25) is 4.79 Å². The fourth-order valence-corrected chi connectivity index (χ4v) is 5.46. The second-order valence-corrected chi connectivity index (χ2v) is 9.12. The summed E-state index contributed by atoms with van der Waals surface area (Å²) in [6.45, 7) is 6.44. The lowest BCUT2D eigenvalue weighted by Crippen LogP contribution is -2.52. The molecule has 0 spiro atoms. The van der Waals surface area contributed by atoms with E-state index in [0.717, 1.165) is 18.4 Å². The molecule has 3 rings (SSSR count). The predicted molar refractivity (Wildman–Crippen MR) is 95.1 cm³/mol. The van der Waals surface area contributed by atoms with E-state index in [1.165, 1.54) is 23.3 Å². The molecule has 1 fully saturated rings. The second kappa shape index (κ2) is 6.25. The van der Waals surface area contributed by atoms with E-state index < -0.39 is 16.1 Å². The number of fused-ring (bicyclic) bond motifs is 1. The van der Waals surface area contributed by atoms with Crippen LogP contribution in [0.2, 0.25) is 0 Å². The third-order valence-electron chi connectivity index (χ3n) is 5.92. The smallest absolute Gasteiger partial charge is 0.341 e. The lowest BCUT2D eigenvalue weighted by molar-refractivity contribution is -0.141. The molecule has 136 valence electrons. The highest BCUT2D eigenvalue weighted by Crippen LogP contribution is 2.62. The molecular weight excluding hydrogens is 338 g/mol. The van der Waals surface area contributed by atoms with Gasteiger partial charge in [0, 0.05) is 5.41 Å². The first kappa shape index (κ1) is 18.1. The summed E-state index contributed by atoms with van der Waals surface area (Å²) < 4.78 is 29.5. The van der Waals surface area contributed by atoms with Crippen molar-refractivity contribution in [1.82, 2.24) is 0 Å². The van der Waals surface area contributed by atoms with Crippen LogP contribution in [0.1, 0.15) is 38.7 Å². The molecule has 25 heavy (non-hydrogen) atoms. The third kappa shape index (κ3) is 3.13. The first-order chi connectivity index (χ1) is 11.7. The summed E-state index contributed by atoms with van der Waals surface area (Å²) in [5, 5.41) is 0. The van der Waals surface area contributed by atoms with Gasteiger partial charge in [0.1, 0.15) is 4.90 Å². The Labute approximate surface area is 149 Å². The van der Waals surface area contributed by atoms with Crippen LogP contribution in [0.25, 0.3) is 0 Å². The Morgan fingerprint density at radius 3 is 2.44 bits per heavy atom. The highest BCUT2D eigenvalue weighted by atomic mass is 32.2. The molecule has 0 aliphatic heterocycles. The van der Waals surface area contributed by atoms with Crippen LogP contribution in [-0.2, 0) is 19.1 Å². The van der Waals surface area contributed by atoms with Gasteiger partial charge in [-0.25, -0.2) is 0 Å². The van der Waals surface area contributed by atoms with Gasteiger partial charge in [-0.05, 0) is 64.1 Å². The minimum Gasteiger partial charge on any atom is -0.342 e. The molecule has 2 N–H and O–H groups in total. The number of rotatable bonds is 5. The zero-order valence-corrected chi connectivity index (χ0v) is 15.7. The Kier molecular flexibility index (Phi) is 4.54. The second-order valence-electron chi connectivity index (χ2n) is 7.58. The monoisotopic (exact) mass is 363 g/mol. The fourth-order valence-electron chi connectivity index (χ4n) is 4.59. The number of nitrogens with two attached hydrogens (primary N) is 1. The van der Waals surface area contributed by atoms with Gasteiger partial charge < -0.3 is 9.92 Å².